The Balaban J connectivity index is 1.69. The van der Waals surface area contributed by atoms with Gasteiger partial charge in [0.1, 0.15) is 15.8 Å². The van der Waals surface area contributed by atoms with Gasteiger partial charge in [0.05, 0.1) is 9.72 Å². The number of benzene rings is 1. The molecule has 3 aromatic rings. The van der Waals surface area contributed by atoms with Crippen LogP contribution in [0.1, 0.15) is 12.8 Å². The second-order valence-electron chi connectivity index (χ2n) is 7.58. The van der Waals surface area contributed by atoms with Crippen LogP contribution >= 0.6 is 34.3 Å². The van der Waals surface area contributed by atoms with Gasteiger partial charge in [-0.25, -0.2) is 13.4 Å². The summed E-state index contributed by atoms with van der Waals surface area (Å²) in [4.78, 5) is 21.9. The SMILES string of the molecule is CN(C)CCN(C(=O)C1CCCN1S(=O)(=O)c1cccs1)c1nc2c(Cl)cccc2s1. The lowest BCUT2D eigenvalue weighted by molar-refractivity contribution is -0.121. The standard InChI is InChI=1S/C20H23ClN4O3S3/c1-23(2)11-12-24(20-22-18-14(21)6-3-8-16(18)30-20)19(26)15-7-4-10-25(15)31(27,28)17-9-5-13-29-17/h3,5-6,8-9,13,15H,4,7,10-12H2,1-2H3. The molecule has 2 aromatic heterocycles. The van der Waals surface area contributed by atoms with Gasteiger partial charge in [-0.15, -0.1) is 11.3 Å². The van der Waals surface area contributed by atoms with E-state index in [1.165, 1.54) is 27.0 Å². The molecule has 1 atom stereocenters. The predicted octanol–water partition coefficient (Wildman–Crippen LogP) is 3.76. The summed E-state index contributed by atoms with van der Waals surface area (Å²) in [6.45, 7) is 1.37. The molecule has 0 saturated carbocycles. The van der Waals surface area contributed by atoms with Crippen LogP contribution in [-0.2, 0) is 14.8 Å². The van der Waals surface area contributed by atoms with Gasteiger partial charge in [-0.3, -0.25) is 9.69 Å². The van der Waals surface area contributed by atoms with Gasteiger partial charge in [0.25, 0.3) is 10.0 Å². The van der Waals surface area contributed by atoms with E-state index >= 15 is 0 Å². The monoisotopic (exact) mass is 498 g/mol. The van der Waals surface area contributed by atoms with E-state index in [9.17, 15) is 13.2 Å². The van der Waals surface area contributed by atoms with Crippen molar-refractivity contribution in [1.82, 2.24) is 14.2 Å². The number of hydrogen-bond donors (Lipinski definition) is 0. The zero-order chi connectivity index (χ0) is 22.2. The Bertz CT molecular complexity index is 1180. The van der Waals surface area contributed by atoms with E-state index in [1.54, 1.807) is 28.5 Å². The third-order valence-corrected chi connectivity index (χ3v) is 9.80. The lowest BCUT2D eigenvalue weighted by atomic mass is 10.2. The van der Waals surface area contributed by atoms with E-state index in [2.05, 4.69) is 4.98 Å². The Morgan fingerprint density at radius 2 is 2.06 bits per heavy atom. The third kappa shape index (κ3) is 4.50. The molecule has 0 aliphatic carbocycles. The molecule has 1 saturated heterocycles. The smallest absolute Gasteiger partial charge is 0.253 e. The van der Waals surface area contributed by atoms with Crippen LogP contribution in [0.3, 0.4) is 0 Å². The van der Waals surface area contributed by atoms with Crippen molar-refractivity contribution in [3.05, 3.63) is 40.7 Å². The zero-order valence-electron chi connectivity index (χ0n) is 17.2. The normalized spacial score (nSPS) is 17.6. The molecule has 0 N–H and O–H groups in total. The number of amides is 1. The Morgan fingerprint density at radius 1 is 1.26 bits per heavy atom. The second kappa shape index (κ2) is 9.13. The fraction of sp³-hybridized carbons (Fsp3) is 0.400. The van der Waals surface area contributed by atoms with Crippen molar-refractivity contribution in [1.29, 1.82) is 0 Å². The van der Waals surface area contributed by atoms with Crippen molar-refractivity contribution in [2.75, 3.05) is 38.6 Å². The summed E-state index contributed by atoms with van der Waals surface area (Å²) >= 11 is 8.85. The number of carbonyl (C=O) groups excluding carboxylic acids is 1. The van der Waals surface area contributed by atoms with Gasteiger partial charge in [-0.1, -0.05) is 35.1 Å². The highest BCUT2D eigenvalue weighted by Gasteiger charge is 2.42. The number of rotatable bonds is 7. The highest BCUT2D eigenvalue weighted by Crippen LogP contribution is 2.35. The fourth-order valence-corrected chi connectivity index (χ4v) is 7.67. The van der Waals surface area contributed by atoms with Crippen LogP contribution in [0.25, 0.3) is 10.2 Å². The molecule has 0 radical (unpaired) electrons. The molecule has 1 aliphatic heterocycles. The highest BCUT2D eigenvalue weighted by atomic mass is 35.5. The van der Waals surface area contributed by atoms with Gasteiger partial charge in [0, 0.05) is 19.6 Å². The van der Waals surface area contributed by atoms with E-state index in [0.717, 1.165) is 4.70 Å². The molecule has 1 fully saturated rings. The number of thiophene rings is 1. The first-order valence-corrected chi connectivity index (χ1v) is 13.4. The number of nitrogens with zero attached hydrogens (tertiary/aromatic N) is 4. The van der Waals surface area contributed by atoms with Crippen LogP contribution in [0.15, 0.2) is 39.9 Å². The molecule has 1 unspecified atom stereocenters. The van der Waals surface area contributed by atoms with Crippen molar-refractivity contribution < 1.29 is 13.2 Å². The first kappa shape index (κ1) is 22.6. The molecule has 0 spiro atoms. The van der Waals surface area contributed by atoms with Gasteiger partial charge >= 0.3 is 0 Å². The molecular weight excluding hydrogens is 476 g/mol. The molecule has 1 aromatic carbocycles. The van der Waals surface area contributed by atoms with Crippen LogP contribution in [0.4, 0.5) is 5.13 Å². The maximum atomic E-state index is 13.7. The van der Waals surface area contributed by atoms with Gasteiger partial charge in [0.15, 0.2) is 5.13 Å². The first-order valence-electron chi connectivity index (χ1n) is 9.85. The lowest BCUT2D eigenvalue weighted by Gasteiger charge is -2.29. The number of fused-ring (bicyclic) bond motifs is 1. The van der Waals surface area contributed by atoms with E-state index < -0.39 is 16.1 Å². The zero-order valence-corrected chi connectivity index (χ0v) is 20.4. The maximum absolute atomic E-state index is 13.7. The molecular formula is C20H23ClN4O3S3. The number of likely N-dealkylation sites (N-methyl/N-ethyl adjacent to an activating group) is 1. The summed E-state index contributed by atoms with van der Waals surface area (Å²) in [6.07, 6.45) is 1.14. The fourth-order valence-electron chi connectivity index (χ4n) is 3.60. The molecule has 1 aliphatic rings. The number of anilines is 1. The summed E-state index contributed by atoms with van der Waals surface area (Å²) in [5.74, 6) is -0.241. The number of carbonyl (C=O) groups is 1. The quantitative estimate of drug-likeness (QED) is 0.496. The van der Waals surface area contributed by atoms with Crippen LogP contribution < -0.4 is 4.90 Å². The number of halogens is 1. The molecule has 3 heterocycles. The van der Waals surface area contributed by atoms with Crippen LogP contribution in [-0.4, -0.2) is 68.3 Å². The van der Waals surface area contributed by atoms with E-state index in [0.29, 0.717) is 48.1 Å². The number of hydrogen-bond acceptors (Lipinski definition) is 7. The van der Waals surface area contributed by atoms with E-state index in [4.69, 9.17) is 11.6 Å². The molecule has 166 valence electrons. The van der Waals surface area contributed by atoms with Crippen molar-refractivity contribution in [2.24, 2.45) is 0 Å². The molecule has 7 nitrogen and oxygen atoms in total. The van der Waals surface area contributed by atoms with E-state index in [-0.39, 0.29) is 10.1 Å². The molecule has 31 heavy (non-hydrogen) atoms. The predicted molar refractivity (Wildman–Crippen MR) is 127 cm³/mol. The van der Waals surface area contributed by atoms with Gasteiger partial charge in [0.2, 0.25) is 5.91 Å². The van der Waals surface area contributed by atoms with Crippen molar-refractivity contribution >= 4 is 65.6 Å². The van der Waals surface area contributed by atoms with Crippen LogP contribution in [0.5, 0.6) is 0 Å². The van der Waals surface area contributed by atoms with Crippen molar-refractivity contribution in [3.8, 4) is 0 Å². The minimum absolute atomic E-state index is 0.241. The summed E-state index contributed by atoms with van der Waals surface area (Å²) in [6, 6.07) is 8.09. The van der Waals surface area contributed by atoms with Crippen molar-refractivity contribution in [2.45, 2.75) is 23.1 Å². The average Bonchev–Trinajstić information content (AvgIpc) is 3.47. The number of para-hydroxylation sites is 1. The molecule has 0 bridgehead atoms. The second-order valence-corrected chi connectivity index (χ2v) is 12.1. The van der Waals surface area contributed by atoms with Crippen molar-refractivity contribution in [3.63, 3.8) is 0 Å². The minimum Gasteiger partial charge on any atom is -0.308 e. The molecule has 4 rings (SSSR count). The lowest BCUT2D eigenvalue weighted by Crippen LogP contribution is -2.49. The summed E-state index contributed by atoms with van der Waals surface area (Å²) in [7, 11) is 0.151. The summed E-state index contributed by atoms with van der Waals surface area (Å²) < 4.78 is 28.8. The molecule has 11 heteroatoms. The highest BCUT2D eigenvalue weighted by molar-refractivity contribution is 7.91. The largest absolute Gasteiger partial charge is 0.308 e. The summed E-state index contributed by atoms with van der Waals surface area (Å²) in [5, 5.41) is 2.80. The molecule has 1 amide bonds. The average molecular weight is 499 g/mol. The Morgan fingerprint density at radius 3 is 2.74 bits per heavy atom. The Hall–Kier alpha value is -1.56. The number of aromatic nitrogens is 1. The maximum Gasteiger partial charge on any atom is 0.253 e. The van der Waals surface area contributed by atoms with Crippen LogP contribution in [0, 0.1) is 0 Å². The topological polar surface area (TPSA) is 73.8 Å². The Kier molecular flexibility index (Phi) is 6.66. The van der Waals surface area contributed by atoms with E-state index in [1.807, 2.05) is 31.1 Å². The van der Waals surface area contributed by atoms with Gasteiger partial charge in [-0.05, 0) is 50.5 Å². The number of sulfonamides is 1. The Labute approximate surface area is 194 Å². The minimum atomic E-state index is -3.71. The third-order valence-electron chi connectivity index (χ3n) is 5.17. The van der Waals surface area contributed by atoms with Gasteiger partial charge in [-0.2, -0.15) is 4.31 Å². The summed E-state index contributed by atoms with van der Waals surface area (Å²) in [5.41, 5.74) is 0.654. The first-order chi connectivity index (χ1) is 14.8. The van der Waals surface area contributed by atoms with Crippen LogP contribution in [0.2, 0.25) is 5.02 Å². The van der Waals surface area contributed by atoms with Gasteiger partial charge < -0.3 is 4.90 Å². The number of thiazole rings is 1.